The molecule has 6 unspecified atom stereocenters. The van der Waals surface area contributed by atoms with Gasteiger partial charge in [0, 0.05) is 0 Å². The van der Waals surface area contributed by atoms with Gasteiger partial charge in [0.25, 0.3) is 0 Å². The summed E-state index contributed by atoms with van der Waals surface area (Å²) < 4.78 is 0. The Morgan fingerprint density at radius 1 is 0.857 bits per heavy atom. The van der Waals surface area contributed by atoms with Gasteiger partial charge in [-0.05, 0) is 48.3 Å². The summed E-state index contributed by atoms with van der Waals surface area (Å²) in [6.07, 6.45) is 11.9. The van der Waals surface area contributed by atoms with Crippen molar-refractivity contribution in [2.75, 3.05) is 0 Å². The minimum atomic E-state index is 0.00917. The first-order valence-corrected chi connectivity index (χ1v) is 5.89. The van der Waals surface area contributed by atoms with E-state index in [1.807, 2.05) is 0 Å². The number of aliphatic hydroxyl groups excluding tert-OH is 1. The van der Waals surface area contributed by atoms with Gasteiger partial charge in [0.05, 0.1) is 6.10 Å². The van der Waals surface area contributed by atoms with Crippen LogP contribution in [0, 0.1) is 35.5 Å². The van der Waals surface area contributed by atoms with Crippen LogP contribution in [0.2, 0.25) is 0 Å². The van der Waals surface area contributed by atoms with Gasteiger partial charge in [0.1, 0.15) is 0 Å². The molecule has 0 saturated heterocycles. The molecule has 4 rings (SSSR count). The molecule has 2 fully saturated rings. The fourth-order valence-electron chi connectivity index (χ4n) is 4.84. The number of hydrogen-bond donors (Lipinski definition) is 1. The number of allylic oxidation sites excluding steroid dienone is 4. The van der Waals surface area contributed by atoms with Crippen molar-refractivity contribution in [3.05, 3.63) is 24.3 Å². The van der Waals surface area contributed by atoms with Gasteiger partial charge in [0.2, 0.25) is 0 Å². The third kappa shape index (κ3) is 0.661. The van der Waals surface area contributed by atoms with Crippen LogP contribution in [0.3, 0.4) is 0 Å². The number of aliphatic hydroxyl groups is 1. The zero-order chi connectivity index (χ0) is 9.28. The van der Waals surface area contributed by atoms with Gasteiger partial charge in [-0.15, -0.1) is 0 Å². The summed E-state index contributed by atoms with van der Waals surface area (Å²) in [6.45, 7) is 0. The van der Waals surface area contributed by atoms with Crippen LogP contribution in [0.4, 0.5) is 0 Å². The summed E-state index contributed by atoms with van der Waals surface area (Å²) >= 11 is 0. The van der Waals surface area contributed by atoms with Crippen molar-refractivity contribution in [2.24, 2.45) is 35.5 Å². The average Bonchev–Trinajstić information content (AvgIpc) is 2.68. The largest absolute Gasteiger partial charge is 0.392 e. The van der Waals surface area contributed by atoms with E-state index in [0.29, 0.717) is 23.7 Å². The Balaban J connectivity index is 1.91. The van der Waals surface area contributed by atoms with E-state index in [2.05, 4.69) is 24.3 Å². The van der Waals surface area contributed by atoms with Crippen LogP contribution in [0.25, 0.3) is 0 Å². The van der Waals surface area contributed by atoms with E-state index in [0.717, 1.165) is 11.8 Å². The Labute approximate surface area is 84.5 Å². The van der Waals surface area contributed by atoms with Crippen molar-refractivity contribution >= 4 is 0 Å². The highest BCUT2D eigenvalue weighted by atomic mass is 16.3. The first kappa shape index (κ1) is 7.70. The second-order valence-electron chi connectivity index (χ2n) is 5.46. The van der Waals surface area contributed by atoms with Gasteiger partial charge in [0.15, 0.2) is 0 Å². The van der Waals surface area contributed by atoms with Crippen molar-refractivity contribution in [3.8, 4) is 0 Å². The molecule has 1 nitrogen and oxygen atoms in total. The van der Waals surface area contributed by atoms with Crippen molar-refractivity contribution in [2.45, 2.75) is 18.9 Å². The summed E-state index contributed by atoms with van der Waals surface area (Å²) in [5.41, 5.74) is 0. The smallest absolute Gasteiger partial charge is 0.0613 e. The Bertz CT molecular complexity index is 298. The number of hydrogen-bond acceptors (Lipinski definition) is 1. The minimum Gasteiger partial charge on any atom is -0.392 e. The molecule has 6 atom stereocenters. The number of rotatable bonds is 0. The highest BCUT2D eigenvalue weighted by molar-refractivity contribution is 5.25. The Hall–Kier alpha value is -0.560. The topological polar surface area (TPSA) is 20.2 Å². The van der Waals surface area contributed by atoms with Gasteiger partial charge < -0.3 is 5.11 Å². The van der Waals surface area contributed by atoms with Crippen LogP contribution >= 0.6 is 0 Å². The maximum atomic E-state index is 10.3. The van der Waals surface area contributed by atoms with Crippen LogP contribution in [0.1, 0.15) is 12.8 Å². The molecule has 0 aliphatic heterocycles. The van der Waals surface area contributed by atoms with E-state index in [4.69, 9.17) is 0 Å². The fraction of sp³-hybridized carbons (Fsp3) is 0.692. The normalized spacial score (nSPS) is 62.2. The van der Waals surface area contributed by atoms with E-state index in [1.165, 1.54) is 12.8 Å². The van der Waals surface area contributed by atoms with E-state index in [9.17, 15) is 5.11 Å². The quantitative estimate of drug-likeness (QED) is 0.576. The highest BCUT2D eigenvalue weighted by Crippen LogP contribution is 2.64. The highest BCUT2D eigenvalue weighted by Gasteiger charge is 2.62. The Kier molecular flexibility index (Phi) is 1.28. The summed E-state index contributed by atoms with van der Waals surface area (Å²) in [4.78, 5) is 0. The van der Waals surface area contributed by atoms with Gasteiger partial charge in [-0.25, -0.2) is 0 Å². The maximum absolute atomic E-state index is 10.3. The molecule has 1 N–H and O–H groups in total. The first-order chi connectivity index (χ1) is 6.88. The Morgan fingerprint density at radius 3 is 1.86 bits per heavy atom. The third-order valence-electron chi connectivity index (χ3n) is 5.19. The van der Waals surface area contributed by atoms with Crippen molar-refractivity contribution in [3.63, 3.8) is 0 Å². The first-order valence-electron chi connectivity index (χ1n) is 5.89. The predicted octanol–water partition coefficient (Wildman–Crippen LogP) is 1.99. The number of fused-ring (bicyclic) bond motifs is 2. The Morgan fingerprint density at radius 2 is 1.36 bits per heavy atom. The standard InChI is InChI=1S/C13H16O/c14-13-11-7-3-1-4-8(11)10-6-2-5-9(7)12(10)13/h1-3,5,7-14H,4,6H2. The van der Waals surface area contributed by atoms with Crippen LogP contribution in [0.5, 0.6) is 0 Å². The van der Waals surface area contributed by atoms with Crippen LogP contribution in [0.15, 0.2) is 24.3 Å². The molecule has 14 heavy (non-hydrogen) atoms. The zero-order valence-electron chi connectivity index (χ0n) is 8.21. The molecule has 0 amide bonds. The maximum Gasteiger partial charge on any atom is 0.0613 e. The van der Waals surface area contributed by atoms with Gasteiger partial charge in [-0.1, -0.05) is 24.3 Å². The second-order valence-corrected chi connectivity index (χ2v) is 5.46. The molecule has 0 aromatic heterocycles. The van der Waals surface area contributed by atoms with E-state index >= 15 is 0 Å². The molecule has 74 valence electrons. The van der Waals surface area contributed by atoms with Crippen LogP contribution < -0.4 is 0 Å². The minimum absolute atomic E-state index is 0.00917. The van der Waals surface area contributed by atoms with Crippen molar-refractivity contribution in [1.29, 1.82) is 0 Å². The summed E-state index contributed by atoms with van der Waals surface area (Å²) in [6, 6.07) is 0. The monoisotopic (exact) mass is 188 g/mol. The third-order valence-corrected chi connectivity index (χ3v) is 5.19. The zero-order valence-corrected chi connectivity index (χ0v) is 8.21. The molecular weight excluding hydrogens is 172 g/mol. The molecule has 0 aromatic rings. The van der Waals surface area contributed by atoms with E-state index in [-0.39, 0.29) is 6.10 Å². The molecule has 1 heteroatoms. The second kappa shape index (κ2) is 2.33. The van der Waals surface area contributed by atoms with E-state index < -0.39 is 0 Å². The molecule has 4 aliphatic rings. The molecule has 2 saturated carbocycles. The molecule has 2 bridgehead atoms. The lowest BCUT2D eigenvalue weighted by Crippen LogP contribution is -2.36. The van der Waals surface area contributed by atoms with Crippen LogP contribution in [-0.4, -0.2) is 11.2 Å². The molecule has 0 heterocycles. The SMILES string of the molecule is OC1C2C3C=CCC2C2CC=CC3C12. The lowest BCUT2D eigenvalue weighted by atomic mass is 9.62. The van der Waals surface area contributed by atoms with Crippen LogP contribution in [-0.2, 0) is 0 Å². The van der Waals surface area contributed by atoms with Gasteiger partial charge >= 0.3 is 0 Å². The summed E-state index contributed by atoms with van der Waals surface area (Å²) in [5, 5.41) is 10.3. The lowest BCUT2D eigenvalue weighted by molar-refractivity contribution is 0.110. The summed E-state index contributed by atoms with van der Waals surface area (Å²) in [5.74, 6) is 4.13. The molecule has 0 radical (unpaired) electrons. The van der Waals surface area contributed by atoms with Crippen molar-refractivity contribution in [1.82, 2.24) is 0 Å². The van der Waals surface area contributed by atoms with Gasteiger partial charge in [-0.3, -0.25) is 0 Å². The molecule has 0 aromatic carbocycles. The lowest BCUT2D eigenvalue weighted by Gasteiger charge is -2.42. The summed E-state index contributed by atoms with van der Waals surface area (Å²) in [7, 11) is 0. The average molecular weight is 188 g/mol. The van der Waals surface area contributed by atoms with Crippen molar-refractivity contribution < 1.29 is 5.11 Å². The molecule has 0 spiro atoms. The fourth-order valence-corrected chi connectivity index (χ4v) is 4.84. The van der Waals surface area contributed by atoms with Gasteiger partial charge in [-0.2, -0.15) is 0 Å². The predicted molar refractivity (Wildman–Crippen MR) is 54.5 cm³/mol. The van der Waals surface area contributed by atoms with E-state index in [1.54, 1.807) is 0 Å². The molecule has 4 aliphatic carbocycles. The molecular formula is C13H16O.